The zero-order chi connectivity index (χ0) is 15.9. The Balaban J connectivity index is 1.88. The van der Waals surface area contributed by atoms with Crippen molar-refractivity contribution in [1.82, 2.24) is 15.5 Å². The monoisotopic (exact) mass is 307 g/mol. The molecule has 1 atom stereocenters. The number of rotatable bonds is 5. The fourth-order valence-corrected chi connectivity index (χ4v) is 2.40. The zero-order valence-corrected chi connectivity index (χ0v) is 12.5. The average Bonchev–Trinajstić information content (AvgIpc) is 2.53. The maximum Gasteiger partial charge on any atom is 0.335 e. The zero-order valence-electron chi connectivity index (χ0n) is 12.5. The maximum atomic E-state index is 11.2. The van der Waals surface area contributed by atoms with Gasteiger partial charge in [-0.3, -0.25) is 4.90 Å². The first-order chi connectivity index (χ1) is 10.6. The molecule has 0 spiro atoms. The predicted molar refractivity (Wildman–Crippen MR) is 80.9 cm³/mol. The van der Waals surface area contributed by atoms with Crippen molar-refractivity contribution in [2.75, 3.05) is 33.3 Å². The first kappa shape index (κ1) is 16.3. The van der Waals surface area contributed by atoms with Gasteiger partial charge in [0, 0.05) is 33.2 Å². The van der Waals surface area contributed by atoms with E-state index in [2.05, 4.69) is 15.5 Å². The van der Waals surface area contributed by atoms with Gasteiger partial charge in [0.25, 0.3) is 0 Å². The number of carboxylic acid groups (broad SMARTS) is 1. The summed E-state index contributed by atoms with van der Waals surface area (Å²) in [6, 6.07) is 6.72. The van der Waals surface area contributed by atoms with Crippen molar-refractivity contribution in [1.29, 1.82) is 0 Å². The van der Waals surface area contributed by atoms with Gasteiger partial charge in [-0.25, -0.2) is 9.59 Å². The number of amides is 2. The average molecular weight is 307 g/mol. The summed E-state index contributed by atoms with van der Waals surface area (Å²) < 4.78 is 5.62. The van der Waals surface area contributed by atoms with E-state index in [1.165, 1.54) is 0 Å². The standard InChI is InChI=1S/C15H21N3O4/c1-16-15(21)17-8-13-10-18(5-6-22-13)9-11-3-2-4-12(7-11)14(19)20/h2-4,7,13H,5-6,8-10H2,1H3,(H,19,20)(H2,16,17,21). The number of urea groups is 1. The van der Waals surface area contributed by atoms with E-state index in [9.17, 15) is 9.59 Å². The van der Waals surface area contributed by atoms with Crippen molar-refractivity contribution in [3.63, 3.8) is 0 Å². The Morgan fingerprint density at radius 3 is 3.00 bits per heavy atom. The lowest BCUT2D eigenvalue weighted by molar-refractivity contribution is -0.0287. The van der Waals surface area contributed by atoms with Gasteiger partial charge in [0.05, 0.1) is 18.3 Å². The van der Waals surface area contributed by atoms with E-state index >= 15 is 0 Å². The third-order valence-electron chi connectivity index (χ3n) is 3.52. The molecular weight excluding hydrogens is 286 g/mol. The molecule has 0 bridgehead atoms. The Kier molecular flexibility index (Phi) is 5.74. The normalized spacial score (nSPS) is 18.7. The lowest BCUT2D eigenvalue weighted by Crippen LogP contribution is -2.48. The second-order valence-electron chi connectivity index (χ2n) is 5.19. The van der Waals surface area contributed by atoms with E-state index in [-0.39, 0.29) is 12.1 Å². The molecule has 2 amide bonds. The van der Waals surface area contributed by atoms with Gasteiger partial charge >= 0.3 is 12.0 Å². The molecular formula is C15H21N3O4. The second kappa shape index (κ2) is 7.77. The lowest BCUT2D eigenvalue weighted by atomic mass is 10.1. The van der Waals surface area contributed by atoms with E-state index in [4.69, 9.17) is 9.84 Å². The number of hydrogen-bond acceptors (Lipinski definition) is 4. The first-order valence-electron chi connectivity index (χ1n) is 7.20. The number of hydrogen-bond donors (Lipinski definition) is 3. The van der Waals surface area contributed by atoms with Gasteiger partial charge in [0.2, 0.25) is 0 Å². The summed E-state index contributed by atoms with van der Waals surface area (Å²) in [6.45, 7) is 3.19. The minimum absolute atomic E-state index is 0.0614. The van der Waals surface area contributed by atoms with Crippen LogP contribution in [0.3, 0.4) is 0 Å². The van der Waals surface area contributed by atoms with Crippen molar-refractivity contribution in [2.24, 2.45) is 0 Å². The van der Waals surface area contributed by atoms with Gasteiger partial charge in [-0.15, -0.1) is 0 Å². The van der Waals surface area contributed by atoms with Crippen LogP contribution in [0.5, 0.6) is 0 Å². The molecule has 1 heterocycles. The Morgan fingerprint density at radius 1 is 1.45 bits per heavy atom. The highest BCUT2D eigenvalue weighted by Crippen LogP contribution is 2.12. The molecule has 1 unspecified atom stereocenters. The largest absolute Gasteiger partial charge is 0.478 e. The van der Waals surface area contributed by atoms with Gasteiger partial charge in [-0.05, 0) is 17.7 Å². The Labute approximate surface area is 129 Å². The number of morpholine rings is 1. The number of nitrogens with zero attached hydrogens (tertiary/aromatic N) is 1. The summed E-state index contributed by atoms with van der Waals surface area (Å²) in [5, 5.41) is 14.3. The predicted octanol–water partition coefficient (Wildman–Crippen LogP) is 0.515. The molecule has 1 aromatic carbocycles. The van der Waals surface area contributed by atoms with Gasteiger partial charge in [0.1, 0.15) is 0 Å². The number of carbonyl (C=O) groups is 2. The van der Waals surface area contributed by atoms with E-state index < -0.39 is 5.97 Å². The molecule has 1 aliphatic rings. The van der Waals surface area contributed by atoms with E-state index in [0.717, 1.165) is 12.1 Å². The van der Waals surface area contributed by atoms with Crippen molar-refractivity contribution >= 4 is 12.0 Å². The van der Waals surface area contributed by atoms with Crippen molar-refractivity contribution in [3.8, 4) is 0 Å². The quantitative estimate of drug-likeness (QED) is 0.737. The summed E-state index contributed by atoms with van der Waals surface area (Å²) in [7, 11) is 1.57. The molecule has 1 fully saturated rings. The number of nitrogens with one attached hydrogen (secondary N) is 2. The fourth-order valence-electron chi connectivity index (χ4n) is 2.40. The van der Waals surface area contributed by atoms with Crippen LogP contribution in [0, 0.1) is 0 Å². The van der Waals surface area contributed by atoms with Gasteiger partial charge in [0.15, 0.2) is 0 Å². The Bertz CT molecular complexity index is 535. The number of ether oxygens (including phenoxy) is 1. The second-order valence-corrected chi connectivity index (χ2v) is 5.19. The Morgan fingerprint density at radius 2 is 2.27 bits per heavy atom. The van der Waals surface area contributed by atoms with Crippen LogP contribution in [0.2, 0.25) is 0 Å². The maximum absolute atomic E-state index is 11.2. The first-order valence-corrected chi connectivity index (χ1v) is 7.20. The number of carbonyl (C=O) groups excluding carboxylic acids is 1. The highest BCUT2D eigenvalue weighted by molar-refractivity contribution is 5.87. The summed E-state index contributed by atoms with van der Waals surface area (Å²) >= 11 is 0. The van der Waals surface area contributed by atoms with E-state index in [1.807, 2.05) is 6.07 Å². The van der Waals surface area contributed by atoms with Crippen LogP contribution in [0.1, 0.15) is 15.9 Å². The molecule has 0 saturated carbocycles. The molecule has 7 nitrogen and oxygen atoms in total. The Hall–Kier alpha value is -2.12. The van der Waals surface area contributed by atoms with Crippen molar-refractivity contribution in [3.05, 3.63) is 35.4 Å². The van der Waals surface area contributed by atoms with Crippen LogP contribution in [0.4, 0.5) is 4.79 Å². The third kappa shape index (κ3) is 4.71. The van der Waals surface area contributed by atoms with E-state index in [1.54, 1.807) is 25.2 Å². The summed E-state index contributed by atoms with van der Waals surface area (Å²) in [5.41, 5.74) is 1.25. The molecule has 1 aromatic rings. The molecule has 3 N–H and O–H groups in total. The third-order valence-corrected chi connectivity index (χ3v) is 3.52. The summed E-state index contributed by atoms with van der Waals surface area (Å²) in [4.78, 5) is 24.4. The SMILES string of the molecule is CNC(=O)NCC1CN(Cc2cccc(C(=O)O)c2)CCO1. The topological polar surface area (TPSA) is 90.9 Å². The lowest BCUT2D eigenvalue weighted by Gasteiger charge is -2.33. The number of benzene rings is 1. The number of carboxylic acids is 1. The number of aromatic carboxylic acids is 1. The van der Waals surface area contributed by atoms with Crippen LogP contribution in [-0.4, -0.2) is 61.4 Å². The minimum Gasteiger partial charge on any atom is -0.478 e. The van der Waals surface area contributed by atoms with Gasteiger partial charge in [-0.1, -0.05) is 12.1 Å². The molecule has 0 radical (unpaired) electrons. The molecule has 0 aromatic heterocycles. The molecule has 7 heteroatoms. The van der Waals surface area contributed by atoms with Gasteiger partial charge < -0.3 is 20.5 Å². The fraction of sp³-hybridized carbons (Fsp3) is 0.467. The minimum atomic E-state index is -0.920. The molecule has 0 aliphatic carbocycles. The van der Waals surface area contributed by atoms with E-state index in [0.29, 0.717) is 31.8 Å². The molecule has 120 valence electrons. The van der Waals surface area contributed by atoms with Crippen molar-refractivity contribution in [2.45, 2.75) is 12.6 Å². The van der Waals surface area contributed by atoms with Crippen LogP contribution >= 0.6 is 0 Å². The molecule has 1 aliphatic heterocycles. The van der Waals surface area contributed by atoms with Crippen LogP contribution in [0.15, 0.2) is 24.3 Å². The van der Waals surface area contributed by atoms with Crippen LogP contribution < -0.4 is 10.6 Å². The van der Waals surface area contributed by atoms with Crippen LogP contribution in [0.25, 0.3) is 0 Å². The van der Waals surface area contributed by atoms with Crippen LogP contribution in [-0.2, 0) is 11.3 Å². The highest BCUT2D eigenvalue weighted by Gasteiger charge is 2.21. The van der Waals surface area contributed by atoms with Crippen molar-refractivity contribution < 1.29 is 19.4 Å². The molecule has 2 rings (SSSR count). The summed E-state index contributed by atoms with van der Waals surface area (Å²) in [6.07, 6.45) is -0.0614. The molecule has 1 saturated heterocycles. The summed E-state index contributed by atoms with van der Waals surface area (Å²) in [5.74, 6) is -0.920. The van der Waals surface area contributed by atoms with Gasteiger partial charge in [-0.2, -0.15) is 0 Å². The molecule has 22 heavy (non-hydrogen) atoms. The highest BCUT2D eigenvalue weighted by atomic mass is 16.5. The smallest absolute Gasteiger partial charge is 0.335 e.